The Bertz CT molecular complexity index is 1010. The van der Waals surface area contributed by atoms with Gasteiger partial charge in [0.05, 0.1) is 12.7 Å². The summed E-state index contributed by atoms with van der Waals surface area (Å²) in [5.41, 5.74) is -0.0637. The van der Waals surface area contributed by atoms with Gasteiger partial charge >= 0.3 is 5.97 Å². The van der Waals surface area contributed by atoms with Gasteiger partial charge in [-0.1, -0.05) is 0 Å². The molecule has 4 saturated carbocycles. The number of rotatable bonds is 7. The fourth-order valence-corrected chi connectivity index (χ4v) is 8.58. The summed E-state index contributed by atoms with van der Waals surface area (Å²) in [6.07, 6.45) is 8.53. The van der Waals surface area contributed by atoms with Gasteiger partial charge in [-0.2, -0.15) is 4.31 Å². The predicted molar refractivity (Wildman–Crippen MR) is 120 cm³/mol. The molecule has 4 aliphatic carbocycles. The summed E-state index contributed by atoms with van der Waals surface area (Å²) in [5.74, 6) is 1.27. The number of amides is 1. The molecule has 0 spiro atoms. The van der Waals surface area contributed by atoms with Crippen LogP contribution in [0, 0.1) is 17.8 Å². The minimum atomic E-state index is -3.78. The summed E-state index contributed by atoms with van der Waals surface area (Å²) >= 11 is 0. The Hall–Kier alpha value is -2.13. The van der Waals surface area contributed by atoms with Crippen LogP contribution in [0.25, 0.3) is 0 Å². The van der Waals surface area contributed by atoms with Crippen molar-refractivity contribution in [3.05, 3.63) is 23.8 Å². The fourth-order valence-electron chi connectivity index (χ4n) is 6.88. The van der Waals surface area contributed by atoms with E-state index in [2.05, 4.69) is 5.32 Å². The Morgan fingerprint density at radius 3 is 2.24 bits per heavy atom. The second kappa shape index (κ2) is 8.58. The molecule has 6 rings (SSSR count). The molecule has 0 radical (unpaired) electrons. The van der Waals surface area contributed by atoms with E-state index in [1.807, 2.05) is 0 Å². The van der Waals surface area contributed by atoms with Crippen molar-refractivity contribution in [3.63, 3.8) is 0 Å². The van der Waals surface area contributed by atoms with Gasteiger partial charge in [-0.25, -0.2) is 13.2 Å². The normalized spacial score (nSPS) is 30.9. The quantitative estimate of drug-likeness (QED) is 0.607. The number of nitrogens with zero attached hydrogens (tertiary/aromatic N) is 1. The number of ether oxygens (including phenoxy) is 2. The van der Waals surface area contributed by atoms with Crippen molar-refractivity contribution in [2.24, 2.45) is 17.8 Å². The van der Waals surface area contributed by atoms with E-state index in [0.717, 1.165) is 32.1 Å². The maximum absolute atomic E-state index is 13.0. The van der Waals surface area contributed by atoms with Crippen molar-refractivity contribution in [2.45, 2.75) is 61.8 Å². The second-order valence-corrected chi connectivity index (χ2v) is 12.2. The lowest BCUT2D eigenvalue weighted by molar-refractivity contribution is -0.130. The molecule has 0 unspecified atom stereocenters. The van der Waals surface area contributed by atoms with Crippen molar-refractivity contribution in [2.75, 3.05) is 26.8 Å². The van der Waals surface area contributed by atoms with Crippen molar-refractivity contribution < 1.29 is 27.5 Å². The van der Waals surface area contributed by atoms with Crippen LogP contribution in [0.3, 0.4) is 0 Å². The zero-order valence-electron chi connectivity index (χ0n) is 19.0. The number of nitrogens with one attached hydrogen (secondary N) is 1. The molecule has 5 fully saturated rings. The predicted octanol–water partition coefficient (Wildman–Crippen LogP) is 2.72. The Morgan fingerprint density at radius 1 is 1.06 bits per heavy atom. The topological polar surface area (TPSA) is 102 Å². The summed E-state index contributed by atoms with van der Waals surface area (Å²) in [5, 5.41) is 3.18. The number of carbonyl (C=O) groups is 2. The number of hydrogen-bond donors (Lipinski definition) is 1. The van der Waals surface area contributed by atoms with Gasteiger partial charge < -0.3 is 14.8 Å². The molecule has 1 aliphatic heterocycles. The number of hydrogen-bond acceptors (Lipinski definition) is 6. The smallest absolute Gasteiger partial charge is 0.338 e. The number of esters is 1. The van der Waals surface area contributed by atoms with Gasteiger partial charge in [0, 0.05) is 18.6 Å². The summed E-state index contributed by atoms with van der Waals surface area (Å²) < 4.78 is 38.0. The molecule has 9 heteroatoms. The Kier molecular flexibility index (Phi) is 5.89. The maximum atomic E-state index is 13.0. The van der Waals surface area contributed by atoms with E-state index in [-0.39, 0.29) is 34.3 Å². The van der Waals surface area contributed by atoms with Gasteiger partial charge in [0.1, 0.15) is 10.6 Å². The standard InChI is InChI=1S/C24H32N2O6S/c1-31-20-5-4-19(11-21(20)33(29,30)26-6-2-3-7-26)23(28)32-15-22(27)25-24-12-16-8-17(13-24)10-18(9-16)14-24/h4-5,11,16-18H,2-3,6-10,12-15H2,1H3,(H,25,27). The molecule has 180 valence electrons. The zero-order chi connectivity index (χ0) is 23.2. The third-order valence-corrected chi connectivity index (χ3v) is 9.78. The highest BCUT2D eigenvalue weighted by Gasteiger charge is 2.51. The van der Waals surface area contributed by atoms with E-state index in [9.17, 15) is 18.0 Å². The van der Waals surface area contributed by atoms with Crippen LogP contribution >= 0.6 is 0 Å². The molecular weight excluding hydrogens is 444 g/mol. The Labute approximate surface area is 195 Å². The third-order valence-electron chi connectivity index (χ3n) is 7.86. The van der Waals surface area contributed by atoms with E-state index >= 15 is 0 Å². The van der Waals surface area contributed by atoms with Gasteiger partial charge in [0.25, 0.3) is 5.91 Å². The Balaban J connectivity index is 1.24. The van der Waals surface area contributed by atoms with Gasteiger partial charge in [0.2, 0.25) is 10.0 Å². The van der Waals surface area contributed by atoms with E-state index < -0.39 is 16.0 Å². The van der Waals surface area contributed by atoms with Crippen LogP contribution < -0.4 is 10.1 Å². The molecular formula is C24H32N2O6S. The monoisotopic (exact) mass is 476 g/mol. The minimum Gasteiger partial charge on any atom is -0.495 e. The van der Waals surface area contributed by atoms with Gasteiger partial charge in [-0.05, 0) is 87.3 Å². The maximum Gasteiger partial charge on any atom is 0.338 e. The first-order valence-electron chi connectivity index (χ1n) is 11.9. The van der Waals surface area contributed by atoms with Crippen LogP contribution in [0.2, 0.25) is 0 Å². The minimum absolute atomic E-state index is 0.0561. The highest BCUT2D eigenvalue weighted by atomic mass is 32.2. The number of benzene rings is 1. The number of carbonyl (C=O) groups excluding carboxylic acids is 2. The second-order valence-electron chi connectivity index (χ2n) is 10.3. The highest BCUT2D eigenvalue weighted by molar-refractivity contribution is 7.89. The van der Waals surface area contributed by atoms with Crippen LogP contribution in [0.1, 0.15) is 61.7 Å². The van der Waals surface area contributed by atoms with Crippen LogP contribution in [0.4, 0.5) is 0 Å². The lowest BCUT2D eigenvalue weighted by atomic mass is 9.53. The van der Waals surface area contributed by atoms with E-state index in [1.54, 1.807) is 0 Å². The van der Waals surface area contributed by atoms with Crippen LogP contribution in [-0.4, -0.2) is 56.9 Å². The first-order chi connectivity index (χ1) is 15.8. The van der Waals surface area contributed by atoms with Crippen molar-refractivity contribution >= 4 is 21.9 Å². The van der Waals surface area contributed by atoms with E-state index in [4.69, 9.17) is 9.47 Å². The molecule has 1 N–H and O–H groups in total. The first kappa shape index (κ1) is 22.7. The molecule has 4 bridgehead atoms. The SMILES string of the molecule is COc1ccc(C(=O)OCC(=O)NC23CC4CC(CC(C4)C2)C3)cc1S(=O)(=O)N1CCCC1. The zero-order valence-corrected chi connectivity index (χ0v) is 19.9. The molecule has 1 amide bonds. The third kappa shape index (κ3) is 4.37. The molecule has 8 nitrogen and oxygen atoms in total. The molecule has 0 atom stereocenters. The summed E-state index contributed by atoms with van der Waals surface area (Å²) in [7, 11) is -2.38. The molecule has 5 aliphatic rings. The van der Waals surface area contributed by atoms with E-state index in [1.165, 1.54) is 48.9 Å². The van der Waals surface area contributed by atoms with Crippen LogP contribution in [0.15, 0.2) is 23.1 Å². The average Bonchev–Trinajstić information content (AvgIpc) is 3.31. The van der Waals surface area contributed by atoms with Crippen LogP contribution in [-0.2, 0) is 19.6 Å². The summed E-state index contributed by atoms with van der Waals surface area (Å²) in [6, 6.07) is 4.20. The average molecular weight is 477 g/mol. The fraction of sp³-hybridized carbons (Fsp3) is 0.667. The lowest BCUT2D eigenvalue weighted by Crippen LogP contribution is -2.60. The molecule has 1 aromatic rings. The molecule has 1 heterocycles. The highest BCUT2D eigenvalue weighted by Crippen LogP contribution is 2.55. The number of sulfonamides is 1. The van der Waals surface area contributed by atoms with E-state index in [0.29, 0.717) is 30.8 Å². The molecule has 1 saturated heterocycles. The van der Waals surface area contributed by atoms with Gasteiger partial charge in [-0.3, -0.25) is 4.79 Å². The number of methoxy groups -OCH3 is 1. The summed E-state index contributed by atoms with van der Waals surface area (Å²) in [6.45, 7) is 0.524. The van der Waals surface area contributed by atoms with Crippen molar-refractivity contribution in [1.29, 1.82) is 0 Å². The van der Waals surface area contributed by atoms with Gasteiger partial charge in [0.15, 0.2) is 6.61 Å². The molecule has 1 aromatic carbocycles. The summed E-state index contributed by atoms with van der Waals surface area (Å²) in [4.78, 5) is 25.3. The molecule has 33 heavy (non-hydrogen) atoms. The van der Waals surface area contributed by atoms with Crippen molar-refractivity contribution in [3.8, 4) is 5.75 Å². The van der Waals surface area contributed by atoms with Gasteiger partial charge in [-0.15, -0.1) is 0 Å². The van der Waals surface area contributed by atoms with Crippen LogP contribution in [0.5, 0.6) is 5.75 Å². The lowest BCUT2D eigenvalue weighted by Gasteiger charge is -2.56. The first-order valence-corrected chi connectivity index (χ1v) is 13.4. The largest absolute Gasteiger partial charge is 0.495 e. The molecule has 0 aromatic heterocycles. The van der Waals surface area contributed by atoms with Crippen molar-refractivity contribution in [1.82, 2.24) is 9.62 Å². The Morgan fingerprint density at radius 2 is 1.67 bits per heavy atom.